The molecule has 110 valence electrons. The molecule has 0 aliphatic rings. The summed E-state index contributed by atoms with van der Waals surface area (Å²) in [6.45, 7) is 4.01. The predicted molar refractivity (Wildman–Crippen MR) is 83.2 cm³/mol. The van der Waals surface area contributed by atoms with Gasteiger partial charge in [0, 0.05) is 5.92 Å². The van der Waals surface area contributed by atoms with Gasteiger partial charge in [-0.05, 0) is 29.7 Å². The highest BCUT2D eigenvalue weighted by molar-refractivity contribution is 6.01. The number of esters is 1. The molecular weight excluding hydrogens is 264 g/mol. The van der Waals surface area contributed by atoms with Crippen molar-refractivity contribution >= 4 is 22.5 Å². The minimum atomic E-state index is -0.443. The maximum atomic E-state index is 12.4. The zero-order valence-corrected chi connectivity index (χ0v) is 12.5. The molecule has 0 bridgehead atoms. The Morgan fingerprint density at radius 3 is 2.48 bits per heavy atom. The number of hydrogen-bond donors (Lipinski definition) is 0. The van der Waals surface area contributed by atoms with Gasteiger partial charge in [-0.2, -0.15) is 0 Å². The molecule has 0 saturated carbocycles. The number of ketones is 1. The van der Waals surface area contributed by atoms with Gasteiger partial charge in [0.1, 0.15) is 6.42 Å². The van der Waals surface area contributed by atoms with Gasteiger partial charge in [0.15, 0.2) is 5.78 Å². The molecule has 3 nitrogen and oxygen atoms in total. The Kier molecular flexibility index (Phi) is 5.09. The highest BCUT2D eigenvalue weighted by atomic mass is 16.5. The van der Waals surface area contributed by atoms with E-state index in [2.05, 4.69) is 0 Å². The molecule has 0 radical (unpaired) electrons. The topological polar surface area (TPSA) is 43.4 Å². The first-order valence-corrected chi connectivity index (χ1v) is 7.33. The van der Waals surface area contributed by atoms with Gasteiger partial charge in [-0.3, -0.25) is 9.59 Å². The van der Waals surface area contributed by atoms with E-state index in [1.165, 1.54) is 0 Å². The number of Topliss-reactive ketones (excluding diaryl/α,β-unsaturated/α-hetero) is 1. The summed E-state index contributed by atoms with van der Waals surface area (Å²) in [6, 6.07) is 14.0. The molecule has 0 N–H and O–H groups in total. The Hall–Kier alpha value is -2.16. The van der Waals surface area contributed by atoms with E-state index in [9.17, 15) is 9.59 Å². The summed E-state index contributed by atoms with van der Waals surface area (Å²) in [5.74, 6) is -0.783. The van der Waals surface area contributed by atoms with Gasteiger partial charge < -0.3 is 4.74 Å². The lowest BCUT2D eigenvalue weighted by molar-refractivity contribution is -0.145. The average molecular weight is 284 g/mol. The maximum Gasteiger partial charge on any atom is 0.313 e. The molecule has 2 aromatic rings. The van der Waals surface area contributed by atoms with Crippen LogP contribution in [0, 0.1) is 0 Å². The third-order valence-electron chi connectivity index (χ3n) is 3.62. The van der Waals surface area contributed by atoms with E-state index in [0.29, 0.717) is 13.0 Å². The fourth-order valence-corrected chi connectivity index (χ4v) is 2.65. The van der Waals surface area contributed by atoms with E-state index in [1.807, 2.05) is 49.4 Å². The second kappa shape index (κ2) is 7.02. The van der Waals surface area contributed by atoms with Crippen LogP contribution in [-0.4, -0.2) is 18.4 Å². The highest BCUT2D eigenvalue weighted by Crippen LogP contribution is 2.29. The second-order valence-electron chi connectivity index (χ2n) is 4.98. The molecular formula is C18H20O3. The molecule has 0 fully saturated rings. The molecule has 1 atom stereocenters. The maximum absolute atomic E-state index is 12.4. The van der Waals surface area contributed by atoms with Crippen molar-refractivity contribution in [1.29, 1.82) is 0 Å². The number of carbonyl (C=O) groups is 2. The minimum absolute atomic E-state index is 0.0766. The third kappa shape index (κ3) is 3.48. The summed E-state index contributed by atoms with van der Waals surface area (Å²) >= 11 is 0. The molecule has 2 aromatic carbocycles. The van der Waals surface area contributed by atoms with E-state index in [4.69, 9.17) is 4.74 Å². The Bertz CT molecular complexity index is 640. The molecule has 0 unspecified atom stereocenters. The van der Waals surface area contributed by atoms with Crippen LogP contribution in [-0.2, 0) is 14.3 Å². The second-order valence-corrected chi connectivity index (χ2v) is 4.98. The number of benzene rings is 2. The first-order valence-electron chi connectivity index (χ1n) is 7.33. The molecule has 0 heterocycles. The quantitative estimate of drug-likeness (QED) is 0.597. The third-order valence-corrected chi connectivity index (χ3v) is 3.62. The number of ether oxygens (including phenoxy) is 1. The Morgan fingerprint density at radius 2 is 1.76 bits per heavy atom. The van der Waals surface area contributed by atoms with E-state index < -0.39 is 5.97 Å². The van der Waals surface area contributed by atoms with Crippen molar-refractivity contribution < 1.29 is 14.3 Å². The van der Waals surface area contributed by atoms with Gasteiger partial charge in [-0.1, -0.05) is 49.4 Å². The van der Waals surface area contributed by atoms with Crippen LogP contribution in [0.2, 0.25) is 0 Å². The van der Waals surface area contributed by atoms with E-state index in [-0.39, 0.29) is 18.1 Å². The SMILES string of the molecule is CCOC(=O)CC(=O)[C@@H](CC)c1cccc2ccccc12. The van der Waals surface area contributed by atoms with Crippen LogP contribution in [0.3, 0.4) is 0 Å². The lowest BCUT2D eigenvalue weighted by Crippen LogP contribution is -2.18. The fourth-order valence-electron chi connectivity index (χ4n) is 2.65. The molecule has 3 heteroatoms. The molecule has 2 rings (SSSR count). The van der Waals surface area contributed by atoms with Crippen molar-refractivity contribution in [2.24, 2.45) is 0 Å². The van der Waals surface area contributed by atoms with Crippen LogP contribution < -0.4 is 0 Å². The Labute approximate surface area is 124 Å². The van der Waals surface area contributed by atoms with Gasteiger partial charge in [0.2, 0.25) is 0 Å². The van der Waals surface area contributed by atoms with Crippen LogP contribution in [0.4, 0.5) is 0 Å². The standard InChI is InChI=1S/C18H20O3/c1-3-14(17(19)12-18(20)21-4-2)16-11-7-9-13-8-5-6-10-15(13)16/h5-11,14H,3-4,12H2,1-2H3/t14-/m0/s1. The zero-order valence-electron chi connectivity index (χ0n) is 12.5. The van der Waals surface area contributed by atoms with Crippen molar-refractivity contribution in [2.45, 2.75) is 32.6 Å². The number of carbonyl (C=O) groups excluding carboxylic acids is 2. The van der Waals surface area contributed by atoms with E-state index >= 15 is 0 Å². The highest BCUT2D eigenvalue weighted by Gasteiger charge is 2.23. The lowest BCUT2D eigenvalue weighted by Gasteiger charge is -2.16. The fraction of sp³-hybridized carbons (Fsp3) is 0.333. The smallest absolute Gasteiger partial charge is 0.313 e. The summed E-state index contributed by atoms with van der Waals surface area (Å²) in [5, 5.41) is 2.18. The van der Waals surface area contributed by atoms with Gasteiger partial charge in [-0.25, -0.2) is 0 Å². The van der Waals surface area contributed by atoms with Crippen LogP contribution >= 0.6 is 0 Å². The predicted octanol–water partition coefficient (Wildman–Crippen LogP) is 3.86. The molecule has 21 heavy (non-hydrogen) atoms. The zero-order chi connectivity index (χ0) is 15.2. The summed E-state index contributed by atoms with van der Waals surface area (Å²) in [7, 11) is 0. The summed E-state index contributed by atoms with van der Waals surface area (Å²) in [6.07, 6.45) is 0.516. The summed E-state index contributed by atoms with van der Waals surface area (Å²) in [4.78, 5) is 23.9. The van der Waals surface area contributed by atoms with Crippen molar-refractivity contribution in [1.82, 2.24) is 0 Å². The van der Waals surface area contributed by atoms with E-state index in [0.717, 1.165) is 16.3 Å². The normalized spacial score (nSPS) is 12.1. The average Bonchev–Trinajstić information content (AvgIpc) is 2.48. The molecule has 0 aliphatic carbocycles. The monoisotopic (exact) mass is 284 g/mol. The number of hydrogen-bond acceptors (Lipinski definition) is 3. The van der Waals surface area contributed by atoms with Crippen LogP contribution in [0.5, 0.6) is 0 Å². The molecule has 0 spiro atoms. The van der Waals surface area contributed by atoms with Crippen molar-refractivity contribution in [3.05, 3.63) is 48.0 Å². The van der Waals surface area contributed by atoms with Gasteiger partial charge in [0.05, 0.1) is 6.61 Å². The molecule has 0 amide bonds. The van der Waals surface area contributed by atoms with Gasteiger partial charge in [0.25, 0.3) is 0 Å². The minimum Gasteiger partial charge on any atom is -0.466 e. The largest absolute Gasteiger partial charge is 0.466 e. The molecule has 0 saturated heterocycles. The first-order chi connectivity index (χ1) is 10.2. The van der Waals surface area contributed by atoms with Crippen LogP contribution in [0.15, 0.2) is 42.5 Å². The van der Waals surface area contributed by atoms with Crippen molar-refractivity contribution in [3.63, 3.8) is 0 Å². The van der Waals surface area contributed by atoms with Crippen LogP contribution in [0.1, 0.15) is 38.2 Å². The van der Waals surface area contributed by atoms with Gasteiger partial charge in [-0.15, -0.1) is 0 Å². The number of rotatable bonds is 6. The molecule has 0 aromatic heterocycles. The van der Waals surface area contributed by atoms with E-state index in [1.54, 1.807) is 6.92 Å². The first kappa shape index (κ1) is 15.2. The molecule has 0 aliphatic heterocycles. The van der Waals surface area contributed by atoms with Gasteiger partial charge >= 0.3 is 5.97 Å². The summed E-state index contributed by atoms with van der Waals surface area (Å²) in [5.41, 5.74) is 0.991. The lowest BCUT2D eigenvalue weighted by atomic mass is 9.87. The Balaban J connectivity index is 2.31. The van der Waals surface area contributed by atoms with Crippen molar-refractivity contribution in [2.75, 3.05) is 6.61 Å². The van der Waals surface area contributed by atoms with Crippen LogP contribution in [0.25, 0.3) is 10.8 Å². The number of fused-ring (bicyclic) bond motifs is 1. The summed E-state index contributed by atoms with van der Waals surface area (Å²) < 4.78 is 4.87. The van der Waals surface area contributed by atoms with Crippen molar-refractivity contribution in [3.8, 4) is 0 Å². The Morgan fingerprint density at radius 1 is 1.05 bits per heavy atom.